The standard InChI is InChI=1S/C17H20ClN3O/c1-2-21-10-8-16(19-21)17(22)20-9-7-14(12-20)11-13-3-5-15(18)6-4-13/h3-6,8,10,14H,2,7,9,11-12H2,1H3. The van der Waals surface area contributed by atoms with Crippen molar-refractivity contribution in [1.82, 2.24) is 14.7 Å². The zero-order chi connectivity index (χ0) is 15.5. The lowest BCUT2D eigenvalue weighted by atomic mass is 9.99. The normalized spacial score (nSPS) is 17.9. The minimum Gasteiger partial charge on any atom is -0.337 e. The number of aryl methyl sites for hydroxylation is 1. The minimum atomic E-state index is 0.0470. The van der Waals surface area contributed by atoms with Gasteiger partial charge in [-0.2, -0.15) is 5.10 Å². The van der Waals surface area contributed by atoms with Gasteiger partial charge in [-0.05, 0) is 49.4 Å². The highest BCUT2D eigenvalue weighted by molar-refractivity contribution is 6.30. The van der Waals surface area contributed by atoms with Gasteiger partial charge < -0.3 is 4.90 Å². The van der Waals surface area contributed by atoms with Crippen LogP contribution in [0.25, 0.3) is 0 Å². The molecule has 0 N–H and O–H groups in total. The van der Waals surface area contributed by atoms with Crippen molar-refractivity contribution in [2.24, 2.45) is 5.92 Å². The third-order valence-electron chi connectivity index (χ3n) is 4.19. The number of hydrogen-bond acceptors (Lipinski definition) is 2. The molecule has 1 unspecified atom stereocenters. The molecule has 2 heterocycles. The molecular formula is C17H20ClN3O. The molecule has 1 fully saturated rings. The van der Waals surface area contributed by atoms with E-state index in [1.807, 2.05) is 30.2 Å². The van der Waals surface area contributed by atoms with Crippen molar-refractivity contribution in [2.75, 3.05) is 13.1 Å². The van der Waals surface area contributed by atoms with Crippen LogP contribution in [0, 0.1) is 5.92 Å². The molecule has 4 nitrogen and oxygen atoms in total. The van der Waals surface area contributed by atoms with E-state index in [0.717, 1.165) is 37.5 Å². The largest absolute Gasteiger partial charge is 0.337 e. The summed E-state index contributed by atoms with van der Waals surface area (Å²) in [5.74, 6) is 0.559. The Morgan fingerprint density at radius 1 is 1.32 bits per heavy atom. The fraction of sp³-hybridized carbons (Fsp3) is 0.412. The van der Waals surface area contributed by atoms with Gasteiger partial charge in [-0.1, -0.05) is 23.7 Å². The Morgan fingerprint density at radius 3 is 2.77 bits per heavy atom. The topological polar surface area (TPSA) is 38.1 Å². The monoisotopic (exact) mass is 317 g/mol. The molecule has 5 heteroatoms. The van der Waals surface area contributed by atoms with Gasteiger partial charge in [-0.3, -0.25) is 9.48 Å². The van der Waals surface area contributed by atoms with Crippen LogP contribution in [-0.4, -0.2) is 33.7 Å². The molecule has 0 aliphatic carbocycles. The third kappa shape index (κ3) is 3.33. The van der Waals surface area contributed by atoms with Crippen LogP contribution in [0.2, 0.25) is 5.02 Å². The molecule has 1 atom stereocenters. The van der Waals surface area contributed by atoms with E-state index in [1.165, 1.54) is 5.56 Å². The molecule has 1 saturated heterocycles. The molecule has 3 rings (SSSR count). The second kappa shape index (κ2) is 6.53. The molecule has 0 bridgehead atoms. The molecule has 1 aliphatic heterocycles. The van der Waals surface area contributed by atoms with Gasteiger partial charge in [-0.25, -0.2) is 0 Å². The Labute approximate surface area is 135 Å². The lowest BCUT2D eigenvalue weighted by Crippen LogP contribution is -2.29. The maximum absolute atomic E-state index is 12.5. The molecular weight excluding hydrogens is 298 g/mol. The second-order valence-corrected chi connectivity index (χ2v) is 6.23. The number of carbonyl (C=O) groups is 1. The lowest BCUT2D eigenvalue weighted by molar-refractivity contribution is 0.0780. The molecule has 0 spiro atoms. The first-order valence-corrected chi connectivity index (χ1v) is 8.10. The van der Waals surface area contributed by atoms with Gasteiger partial charge in [0.15, 0.2) is 0 Å². The van der Waals surface area contributed by atoms with Gasteiger partial charge in [0.05, 0.1) is 0 Å². The Morgan fingerprint density at radius 2 is 2.09 bits per heavy atom. The van der Waals surface area contributed by atoms with Gasteiger partial charge in [0.2, 0.25) is 0 Å². The molecule has 116 valence electrons. The van der Waals surface area contributed by atoms with Gasteiger partial charge in [-0.15, -0.1) is 0 Å². The molecule has 1 aromatic heterocycles. The summed E-state index contributed by atoms with van der Waals surface area (Å²) in [6, 6.07) is 9.78. The van der Waals surface area contributed by atoms with Crippen LogP contribution in [-0.2, 0) is 13.0 Å². The van der Waals surface area contributed by atoms with Crippen molar-refractivity contribution in [1.29, 1.82) is 0 Å². The summed E-state index contributed by atoms with van der Waals surface area (Å²) >= 11 is 5.91. The van der Waals surface area contributed by atoms with E-state index in [-0.39, 0.29) is 5.91 Å². The van der Waals surface area contributed by atoms with E-state index in [2.05, 4.69) is 17.2 Å². The minimum absolute atomic E-state index is 0.0470. The number of aromatic nitrogens is 2. The predicted octanol–water partition coefficient (Wildman–Crippen LogP) is 3.26. The first-order chi connectivity index (χ1) is 10.7. The van der Waals surface area contributed by atoms with Crippen LogP contribution in [0.5, 0.6) is 0 Å². The molecule has 1 aromatic carbocycles. The predicted molar refractivity (Wildman–Crippen MR) is 87.1 cm³/mol. The second-order valence-electron chi connectivity index (χ2n) is 5.79. The molecule has 1 aliphatic rings. The van der Waals surface area contributed by atoms with Crippen LogP contribution in [0.15, 0.2) is 36.5 Å². The van der Waals surface area contributed by atoms with Gasteiger partial charge in [0.25, 0.3) is 5.91 Å². The average Bonchev–Trinajstić information content (AvgIpc) is 3.18. The van der Waals surface area contributed by atoms with Crippen molar-refractivity contribution in [3.8, 4) is 0 Å². The number of likely N-dealkylation sites (tertiary alicyclic amines) is 1. The highest BCUT2D eigenvalue weighted by Gasteiger charge is 2.28. The summed E-state index contributed by atoms with van der Waals surface area (Å²) in [5, 5.41) is 5.07. The van der Waals surface area contributed by atoms with Crippen molar-refractivity contribution in [3.05, 3.63) is 52.8 Å². The van der Waals surface area contributed by atoms with Crippen LogP contribution in [0.3, 0.4) is 0 Å². The van der Waals surface area contributed by atoms with Crippen molar-refractivity contribution in [2.45, 2.75) is 26.3 Å². The highest BCUT2D eigenvalue weighted by Crippen LogP contribution is 2.23. The fourth-order valence-electron chi connectivity index (χ4n) is 2.95. The smallest absolute Gasteiger partial charge is 0.274 e. The van der Waals surface area contributed by atoms with E-state index in [4.69, 9.17) is 11.6 Å². The van der Waals surface area contributed by atoms with Crippen molar-refractivity contribution < 1.29 is 4.79 Å². The van der Waals surface area contributed by atoms with Gasteiger partial charge >= 0.3 is 0 Å². The summed E-state index contributed by atoms with van der Waals surface area (Å²) in [6.07, 6.45) is 3.89. The van der Waals surface area contributed by atoms with Gasteiger partial charge in [0.1, 0.15) is 5.69 Å². The summed E-state index contributed by atoms with van der Waals surface area (Å²) in [6.45, 7) is 4.42. The summed E-state index contributed by atoms with van der Waals surface area (Å²) < 4.78 is 1.79. The Kier molecular flexibility index (Phi) is 4.48. The number of amides is 1. The molecule has 0 saturated carbocycles. The SMILES string of the molecule is CCn1ccc(C(=O)N2CCC(Cc3ccc(Cl)cc3)C2)n1. The molecule has 22 heavy (non-hydrogen) atoms. The number of benzene rings is 1. The quantitative estimate of drug-likeness (QED) is 0.868. The Balaban J connectivity index is 1.59. The van der Waals surface area contributed by atoms with E-state index < -0.39 is 0 Å². The number of hydrogen-bond donors (Lipinski definition) is 0. The molecule has 2 aromatic rings. The number of rotatable bonds is 4. The maximum atomic E-state index is 12.5. The van der Waals surface area contributed by atoms with E-state index >= 15 is 0 Å². The number of carbonyl (C=O) groups excluding carboxylic acids is 1. The Hall–Kier alpha value is -1.81. The van der Waals surface area contributed by atoms with Crippen LogP contribution in [0.1, 0.15) is 29.4 Å². The summed E-state index contributed by atoms with van der Waals surface area (Å²) in [4.78, 5) is 14.4. The summed E-state index contributed by atoms with van der Waals surface area (Å²) in [5.41, 5.74) is 1.83. The Bertz CT molecular complexity index is 650. The maximum Gasteiger partial charge on any atom is 0.274 e. The van der Waals surface area contributed by atoms with E-state index in [9.17, 15) is 4.79 Å². The van der Waals surface area contributed by atoms with E-state index in [0.29, 0.717) is 11.6 Å². The number of nitrogens with zero attached hydrogens (tertiary/aromatic N) is 3. The van der Waals surface area contributed by atoms with Crippen LogP contribution >= 0.6 is 11.6 Å². The molecule has 0 radical (unpaired) electrons. The van der Waals surface area contributed by atoms with E-state index in [1.54, 1.807) is 10.7 Å². The van der Waals surface area contributed by atoms with Gasteiger partial charge in [0, 0.05) is 30.9 Å². The third-order valence-corrected chi connectivity index (χ3v) is 4.45. The zero-order valence-corrected chi connectivity index (χ0v) is 13.5. The summed E-state index contributed by atoms with van der Waals surface area (Å²) in [7, 11) is 0. The highest BCUT2D eigenvalue weighted by atomic mass is 35.5. The first kappa shape index (κ1) is 15.1. The molecule has 1 amide bonds. The van der Waals surface area contributed by atoms with Crippen molar-refractivity contribution >= 4 is 17.5 Å². The lowest BCUT2D eigenvalue weighted by Gasteiger charge is -2.15. The van der Waals surface area contributed by atoms with Crippen LogP contribution < -0.4 is 0 Å². The number of halogens is 1. The fourth-order valence-corrected chi connectivity index (χ4v) is 3.08. The van der Waals surface area contributed by atoms with Crippen molar-refractivity contribution in [3.63, 3.8) is 0 Å². The van der Waals surface area contributed by atoms with Crippen LogP contribution in [0.4, 0.5) is 0 Å². The average molecular weight is 318 g/mol. The zero-order valence-electron chi connectivity index (χ0n) is 12.7. The first-order valence-electron chi connectivity index (χ1n) is 7.73.